The monoisotopic (exact) mass is 209 g/mol. The third-order valence-electron chi connectivity index (χ3n) is 2.56. The minimum atomic E-state index is -1.01. The van der Waals surface area contributed by atoms with Crippen molar-refractivity contribution < 1.29 is 14.3 Å². The fourth-order valence-corrected chi connectivity index (χ4v) is 2.07. The van der Waals surface area contributed by atoms with Crippen LogP contribution in [0.5, 0.6) is 0 Å². The Labute approximate surface area is 88.5 Å². The van der Waals surface area contributed by atoms with Crippen LogP contribution >= 0.6 is 0 Å². The second-order valence-corrected chi connectivity index (χ2v) is 4.88. The molecule has 0 atom stereocenters. The van der Waals surface area contributed by atoms with Gasteiger partial charge >= 0.3 is 5.97 Å². The summed E-state index contributed by atoms with van der Waals surface area (Å²) in [6.45, 7) is 7.21. The van der Waals surface area contributed by atoms with Gasteiger partial charge in [-0.25, -0.2) is 4.79 Å². The van der Waals surface area contributed by atoms with E-state index in [9.17, 15) is 4.79 Å². The van der Waals surface area contributed by atoms with E-state index in [0.29, 0.717) is 12.0 Å². The first-order valence-corrected chi connectivity index (χ1v) is 5.01. The topological polar surface area (TPSA) is 53.7 Å². The van der Waals surface area contributed by atoms with Crippen molar-refractivity contribution in [3.63, 3.8) is 0 Å². The van der Waals surface area contributed by atoms with E-state index in [1.54, 1.807) is 6.07 Å². The van der Waals surface area contributed by atoms with E-state index in [2.05, 4.69) is 18.7 Å². The average Bonchev–Trinajstić information content (AvgIpc) is 2.49. The van der Waals surface area contributed by atoms with E-state index >= 15 is 0 Å². The van der Waals surface area contributed by atoms with Crippen LogP contribution in [0.15, 0.2) is 16.5 Å². The molecule has 2 rings (SSSR count). The predicted molar refractivity (Wildman–Crippen MR) is 54.7 cm³/mol. The number of likely N-dealkylation sites (tertiary alicyclic amines) is 1. The van der Waals surface area contributed by atoms with Gasteiger partial charge in [0.1, 0.15) is 5.76 Å². The van der Waals surface area contributed by atoms with Crippen LogP contribution in [0.1, 0.15) is 30.2 Å². The van der Waals surface area contributed by atoms with Crippen LogP contribution in [0.4, 0.5) is 0 Å². The second kappa shape index (κ2) is 3.38. The molecule has 82 valence electrons. The number of hydrogen-bond donors (Lipinski definition) is 1. The highest BCUT2D eigenvalue weighted by atomic mass is 16.4. The third kappa shape index (κ3) is 2.21. The summed E-state index contributed by atoms with van der Waals surface area (Å²) in [7, 11) is 0. The average molecular weight is 209 g/mol. The molecule has 1 aliphatic rings. The fourth-order valence-electron chi connectivity index (χ4n) is 2.07. The van der Waals surface area contributed by atoms with Crippen LogP contribution in [0.2, 0.25) is 0 Å². The number of aromatic carboxylic acids is 1. The van der Waals surface area contributed by atoms with E-state index in [1.165, 1.54) is 6.07 Å². The molecule has 1 aromatic rings. The Balaban J connectivity index is 1.92. The molecule has 1 aromatic heterocycles. The van der Waals surface area contributed by atoms with Gasteiger partial charge in [0.2, 0.25) is 5.76 Å². The number of nitrogens with zero attached hydrogens (tertiary/aromatic N) is 1. The van der Waals surface area contributed by atoms with Gasteiger partial charge in [0, 0.05) is 13.1 Å². The van der Waals surface area contributed by atoms with Crippen molar-refractivity contribution in [2.45, 2.75) is 20.4 Å². The Morgan fingerprint density at radius 2 is 2.20 bits per heavy atom. The lowest BCUT2D eigenvalue weighted by Gasteiger charge is -2.45. The quantitative estimate of drug-likeness (QED) is 0.825. The fraction of sp³-hybridized carbons (Fsp3) is 0.545. The second-order valence-electron chi connectivity index (χ2n) is 4.88. The third-order valence-corrected chi connectivity index (χ3v) is 2.56. The molecule has 0 radical (unpaired) electrons. The summed E-state index contributed by atoms with van der Waals surface area (Å²) < 4.78 is 5.18. The first-order chi connectivity index (χ1) is 6.96. The van der Waals surface area contributed by atoms with Gasteiger partial charge in [0.05, 0.1) is 6.54 Å². The lowest BCUT2D eigenvalue weighted by molar-refractivity contribution is 0.0185. The van der Waals surface area contributed by atoms with Gasteiger partial charge in [-0.05, 0) is 17.5 Å². The number of carboxylic acid groups (broad SMARTS) is 1. The van der Waals surface area contributed by atoms with E-state index < -0.39 is 5.97 Å². The summed E-state index contributed by atoms with van der Waals surface area (Å²) >= 11 is 0. The van der Waals surface area contributed by atoms with Crippen LogP contribution in [0.3, 0.4) is 0 Å². The lowest BCUT2D eigenvalue weighted by Crippen LogP contribution is -2.51. The van der Waals surface area contributed by atoms with Crippen LogP contribution in [0, 0.1) is 5.41 Å². The molecule has 2 heterocycles. The van der Waals surface area contributed by atoms with Crippen molar-refractivity contribution in [1.82, 2.24) is 4.90 Å². The molecule has 0 amide bonds. The molecule has 1 aliphatic heterocycles. The van der Waals surface area contributed by atoms with E-state index in [-0.39, 0.29) is 5.76 Å². The zero-order valence-electron chi connectivity index (χ0n) is 8.99. The summed E-state index contributed by atoms with van der Waals surface area (Å²) in [4.78, 5) is 12.8. The summed E-state index contributed by atoms with van der Waals surface area (Å²) in [6.07, 6.45) is 0. The van der Waals surface area contributed by atoms with E-state index in [1.807, 2.05) is 0 Å². The number of hydrogen-bond acceptors (Lipinski definition) is 3. The standard InChI is InChI=1S/C11H15NO3/c1-11(2)6-12(7-11)5-8-3-4-9(15-8)10(13)14/h3-4H,5-7H2,1-2H3,(H,13,14). The molecule has 1 N–H and O–H groups in total. The maximum atomic E-state index is 10.6. The van der Waals surface area contributed by atoms with E-state index in [0.717, 1.165) is 18.8 Å². The van der Waals surface area contributed by atoms with Crippen molar-refractivity contribution >= 4 is 5.97 Å². The predicted octanol–water partition coefficient (Wildman–Crippen LogP) is 1.82. The van der Waals surface area contributed by atoms with Crippen LogP contribution in [-0.4, -0.2) is 29.1 Å². The van der Waals surface area contributed by atoms with Crippen LogP contribution in [-0.2, 0) is 6.54 Å². The van der Waals surface area contributed by atoms with Gasteiger partial charge in [-0.15, -0.1) is 0 Å². The number of carbonyl (C=O) groups is 1. The molecule has 0 spiro atoms. The summed E-state index contributed by atoms with van der Waals surface area (Å²) in [5, 5.41) is 8.68. The summed E-state index contributed by atoms with van der Waals surface area (Å²) in [6, 6.07) is 3.23. The molecular weight excluding hydrogens is 194 g/mol. The molecule has 0 saturated carbocycles. The van der Waals surface area contributed by atoms with Crippen LogP contribution in [0.25, 0.3) is 0 Å². The number of furan rings is 1. The van der Waals surface area contributed by atoms with Crippen molar-refractivity contribution in [1.29, 1.82) is 0 Å². The van der Waals surface area contributed by atoms with Crippen LogP contribution < -0.4 is 0 Å². The van der Waals surface area contributed by atoms with E-state index in [4.69, 9.17) is 9.52 Å². The minimum Gasteiger partial charge on any atom is -0.475 e. The Morgan fingerprint density at radius 3 is 2.67 bits per heavy atom. The molecule has 4 heteroatoms. The smallest absolute Gasteiger partial charge is 0.371 e. The van der Waals surface area contributed by atoms with Gasteiger partial charge < -0.3 is 9.52 Å². The van der Waals surface area contributed by atoms with Crippen molar-refractivity contribution in [2.24, 2.45) is 5.41 Å². The SMILES string of the molecule is CC1(C)CN(Cc2ccc(C(=O)O)o2)C1. The Morgan fingerprint density at radius 1 is 1.53 bits per heavy atom. The first kappa shape index (κ1) is 10.2. The molecule has 0 bridgehead atoms. The highest BCUT2D eigenvalue weighted by molar-refractivity contribution is 5.84. The van der Waals surface area contributed by atoms with Gasteiger partial charge in [-0.3, -0.25) is 4.90 Å². The molecule has 4 nitrogen and oxygen atoms in total. The zero-order chi connectivity index (χ0) is 11.1. The number of rotatable bonds is 3. The Hall–Kier alpha value is -1.29. The minimum absolute atomic E-state index is 0.0183. The van der Waals surface area contributed by atoms with Crippen molar-refractivity contribution in [3.05, 3.63) is 23.7 Å². The Kier molecular flexibility index (Phi) is 2.31. The lowest BCUT2D eigenvalue weighted by atomic mass is 9.84. The van der Waals surface area contributed by atoms with Gasteiger partial charge in [-0.1, -0.05) is 13.8 Å². The van der Waals surface area contributed by atoms with Gasteiger partial charge in [0.15, 0.2) is 0 Å². The number of carboxylic acids is 1. The maximum absolute atomic E-state index is 10.6. The van der Waals surface area contributed by atoms with Crippen molar-refractivity contribution in [3.8, 4) is 0 Å². The largest absolute Gasteiger partial charge is 0.475 e. The summed E-state index contributed by atoms with van der Waals surface area (Å²) in [5.74, 6) is -0.266. The highest BCUT2D eigenvalue weighted by Gasteiger charge is 2.34. The molecule has 0 unspecified atom stereocenters. The molecule has 0 aromatic carbocycles. The maximum Gasteiger partial charge on any atom is 0.371 e. The Bertz CT molecular complexity index is 373. The van der Waals surface area contributed by atoms with Gasteiger partial charge in [0.25, 0.3) is 0 Å². The molecule has 0 aliphatic carbocycles. The molecule has 1 saturated heterocycles. The van der Waals surface area contributed by atoms with Gasteiger partial charge in [-0.2, -0.15) is 0 Å². The first-order valence-electron chi connectivity index (χ1n) is 5.01. The normalized spacial score (nSPS) is 19.9. The molecule has 15 heavy (non-hydrogen) atoms. The van der Waals surface area contributed by atoms with Crippen molar-refractivity contribution in [2.75, 3.05) is 13.1 Å². The molecular formula is C11H15NO3. The zero-order valence-corrected chi connectivity index (χ0v) is 8.99. The molecule has 1 fully saturated rings. The summed E-state index contributed by atoms with van der Waals surface area (Å²) in [5.41, 5.74) is 0.391. The highest BCUT2D eigenvalue weighted by Crippen LogP contribution is 2.30.